The molecule has 0 atom stereocenters. The number of likely N-dealkylation sites (N-methyl/N-ethyl adjacent to an activating group) is 1. The number of nitrogens with zero attached hydrogens (tertiary/aromatic N) is 2. The van der Waals surface area contributed by atoms with E-state index in [2.05, 4.69) is 10.3 Å². The Bertz CT molecular complexity index is 405. The van der Waals surface area contributed by atoms with Crippen LogP contribution in [0.1, 0.15) is 18.4 Å². The second-order valence-electron chi connectivity index (χ2n) is 5.18. The molecule has 0 aliphatic carbocycles. The van der Waals surface area contributed by atoms with Gasteiger partial charge >= 0.3 is 0 Å². The van der Waals surface area contributed by atoms with Gasteiger partial charge in [0, 0.05) is 26.0 Å². The Kier molecular flexibility index (Phi) is 5.95. The maximum absolute atomic E-state index is 12.0. The van der Waals surface area contributed by atoms with Gasteiger partial charge in [0.15, 0.2) is 0 Å². The predicted octanol–water partition coefficient (Wildman–Crippen LogP) is 0.851. The van der Waals surface area contributed by atoms with Crippen molar-refractivity contribution in [2.75, 3.05) is 33.3 Å². The highest BCUT2D eigenvalue weighted by molar-refractivity contribution is 5.77. The van der Waals surface area contributed by atoms with Gasteiger partial charge in [0.05, 0.1) is 6.10 Å². The van der Waals surface area contributed by atoms with Crippen LogP contribution in [-0.4, -0.2) is 55.2 Å². The molecule has 1 aliphatic rings. The molecule has 0 spiro atoms. The monoisotopic (exact) mass is 277 g/mol. The van der Waals surface area contributed by atoms with Crippen LogP contribution in [0.3, 0.4) is 0 Å². The highest BCUT2D eigenvalue weighted by Gasteiger charge is 2.16. The number of nitrogens with one attached hydrogen (secondary N) is 1. The molecule has 0 unspecified atom stereocenters. The third kappa shape index (κ3) is 4.90. The van der Waals surface area contributed by atoms with Gasteiger partial charge in [-0.3, -0.25) is 9.78 Å². The van der Waals surface area contributed by atoms with Gasteiger partial charge in [0.1, 0.15) is 6.61 Å². The molecule has 0 bridgehead atoms. The number of ether oxygens (including phenoxy) is 1. The molecule has 110 valence electrons. The molecule has 0 saturated carbocycles. The standard InChI is InChI=1S/C15H23N3O2/c1-18(11-6-13-2-7-16-8-3-13)15(19)12-20-14-4-9-17-10-5-14/h2-3,7-8,14,17H,4-6,9-12H2,1H3. The van der Waals surface area contributed by atoms with Crippen LogP contribution < -0.4 is 5.32 Å². The zero-order chi connectivity index (χ0) is 14.2. The number of hydrogen-bond acceptors (Lipinski definition) is 4. The molecule has 1 fully saturated rings. The highest BCUT2D eigenvalue weighted by Crippen LogP contribution is 2.07. The number of aromatic nitrogens is 1. The van der Waals surface area contributed by atoms with Crippen molar-refractivity contribution in [2.45, 2.75) is 25.4 Å². The van der Waals surface area contributed by atoms with Crippen LogP contribution in [0.25, 0.3) is 0 Å². The summed E-state index contributed by atoms with van der Waals surface area (Å²) in [6, 6.07) is 3.95. The van der Waals surface area contributed by atoms with E-state index in [-0.39, 0.29) is 18.6 Å². The van der Waals surface area contributed by atoms with Crippen LogP contribution in [-0.2, 0) is 16.0 Å². The second-order valence-corrected chi connectivity index (χ2v) is 5.18. The van der Waals surface area contributed by atoms with E-state index >= 15 is 0 Å². The van der Waals surface area contributed by atoms with Crippen molar-refractivity contribution in [3.05, 3.63) is 30.1 Å². The lowest BCUT2D eigenvalue weighted by Crippen LogP contribution is -2.37. The summed E-state index contributed by atoms with van der Waals surface area (Å²) in [5.41, 5.74) is 1.19. The summed E-state index contributed by atoms with van der Waals surface area (Å²) in [5.74, 6) is 0.0533. The van der Waals surface area contributed by atoms with Crippen molar-refractivity contribution in [1.29, 1.82) is 0 Å². The topological polar surface area (TPSA) is 54.5 Å². The Labute approximate surface area is 120 Å². The molecule has 5 nitrogen and oxygen atoms in total. The Morgan fingerprint density at radius 1 is 1.40 bits per heavy atom. The van der Waals surface area contributed by atoms with E-state index in [0.717, 1.165) is 32.4 Å². The molecule has 1 amide bonds. The Balaban J connectivity index is 1.66. The number of pyridine rings is 1. The summed E-state index contributed by atoms with van der Waals surface area (Å²) in [5, 5.41) is 3.28. The van der Waals surface area contributed by atoms with E-state index in [9.17, 15) is 4.79 Å². The maximum atomic E-state index is 12.0. The van der Waals surface area contributed by atoms with Gasteiger partial charge in [-0.25, -0.2) is 0 Å². The lowest BCUT2D eigenvalue weighted by atomic mass is 10.1. The smallest absolute Gasteiger partial charge is 0.248 e. The van der Waals surface area contributed by atoms with Crippen LogP contribution in [0.15, 0.2) is 24.5 Å². The zero-order valence-corrected chi connectivity index (χ0v) is 12.0. The summed E-state index contributed by atoms with van der Waals surface area (Å²) in [7, 11) is 1.83. The van der Waals surface area contributed by atoms with Gasteiger partial charge in [-0.15, -0.1) is 0 Å². The molecule has 2 heterocycles. The van der Waals surface area contributed by atoms with Crippen LogP contribution in [0.5, 0.6) is 0 Å². The van der Waals surface area contributed by atoms with Crippen LogP contribution in [0, 0.1) is 0 Å². The number of piperidine rings is 1. The largest absolute Gasteiger partial charge is 0.368 e. The van der Waals surface area contributed by atoms with Gasteiger partial charge < -0.3 is 15.0 Å². The Morgan fingerprint density at radius 2 is 2.10 bits per heavy atom. The molecule has 5 heteroatoms. The zero-order valence-electron chi connectivity index (χ0n) is 12.0. The number of amides is 1. The third-order valence-electron chi connectivity index (χ3n) is 3.64. The summed E-state index contributed by atoms with van der Waals surface area (Å²) in [6.45, 7) is 2.86. The molecule has 1 N–H and O–H groups in total. The van der Waals surface area contributed by atoms with Gasteiger partial charge in [0.2, 0.25) is 5.91 Å². The Hall–Kier alpha value is -1.46. The predicted molar refractivity (Wildman–Crippen MR) is 77.4 cm³/mol. The summed E-state index contributed by atoms with van der Waals surface area (Å²) < 4.78 is 5.68. The molecular weight excluding hydrogens is 254 g/mol. The van der Waals surface area contributed by atoms with Gasteiger partial charge in [0.25, 0.3) is 0 Å². The SMILES string of the molecule is CN(CCc1ccncc1)C(=O)COC1CCNCC1. The van der Waals surface area contributed by atoms with Crippen molar-refractivity contribution in [2.24, 2.45) is 0 Å². The number of rotatable bonds is 6. The first kappa shape index (κ1) is 14.9. The molecule has 1 aromatic rings. The summed E-state index contributed by atoms with van der Waals surface area (Å²) in [6.07, 6.45) is 6.61. The maximum Gasteiger partial charge on any atom is 0.248 e. The molecule has 1 saturated heterocycles. The molecule has 0 aromatic carbocycles. The van der Waals surface area contributed by atoms with Crippen LogP contribution in [0.4, 0.5) is 0 Å². The van der Waals surface area contributed by atoms with Crippen LogP contribution >= 0.6 is 0 Å². The first-order valence-electron chi connectivity index (χ1n) is 7.21. The molecule has 2 rings (SSSR count). The van der Waals surface area contributed by atoms with Crippen molar-refractivity contribution < 1.29 is 9.53 Å². The minimum atomic E-state index is 0.0533. The first-order valence-corrected chi connectivity index (χ1v) is 7.21. The van der Waals surface area contributed by atoms with Gasteiger partial charge in [-0.2, -0.15) is 0 Å². The number of carbonyl (C=O) groups excluding carboxylic acids is 1. The van der Waals surface area contributed by atoms with Crippen molar-refractivity contribution in [1.82, 2.24) is 15.2 Å². The quantitative estimate of drug-likeness (QED) is 0.837. The molecular formula is C15H23N3O2. The van der Waals surface area contributed by atoms with Gasteiger partial charge in [-0.1, -0.05) is 0 Å². The normalized spacial score (nSPS) is 16.1. The average Bonchev–Trinajstić information content (AvgIpc) is 2.52. The lowest BCUT2D eigenvalue weighted by molar-refractivity contribution is -0.137. The number of hydrogen-bond donors (Lipinski definition) is 1. The van der Waals surface area contributed by atoms with E-state index in [1.165, 1.54) is 5.56 Å². The van der Waals surface area contributed by atoms with E-state index in [1.54, 1.807) is 17.3 Å². The fourth-order valence-electron chi connectivity index (χ4n) is 2.23. The number of carbonyl (C=O) groups is 1. The molecule has 20 heavy (non-hydrogen) atoms. The van der Waals surface area contributed by atoms with Crippen molar-refractivity contribution >= 4 is 5.91 Å². The van der Waals surface area contributed by atoms with Gasteiger partial charge in [-0.05, 0) is 50.0 Å². The summed E-state index contributed by atoms with van der Waals surface area (Å²) >= 11 is 0. The minimum absolute atomic E-state index is 0.0533. The lowest BCUT2D eigenvalue weighted by Gasteiger charge is -2.24. The van der Waals surface area contributed by atoms with E-state index in [4.69, 9.17) is 4.74 Å². The second kappa shape index (κ2) is 7.97. The van der Waals surface area contributed by atoms with Crippen molar-refractivity contribution in [3.63, 3.8) is 0 Å². The highest BCUT2D eigenvalue weighted by atomic mass is 16.5. The molecule has 0 radical (unpaired) electrons. The minimum Gasteiger partial charge on any atom is -0.368 e. The van der Waals surface area contributed by atoms with Crippen molar-refractivity contribution in [3.8, 4) is 0 Å². The molecule has 1 aromatic heterocycles. The van der Waals surface area contributed by atoms with E-state index in [1.807, 2.05) is 19.2 Å². The van der Waals surface area contributed by atoms with E-state index < -0.39 is 0 Å². The third-order valence-corrected chi connectivity index (χ3v) is 3.64. The average molecular weight is 277 g/mol. The summed E-state index contributed by atoms with van der Waals surface area (Å²) in [4.78, 5) is 17.7. The van der Waals surface area contributed by atoms with Crippen LogP contribution in [0.2, 0.25) is 0 Å². The fourth-order valence-corrected chi connectivity index (χ4v) is 2.23. The fraction of sp³-hybridized carbons (Fsp3) is 0.600. The van der Waals surface area contributed by atoms with E-state index in [0.29, 0.717) is 6.54 Å². The first-order chi connectivity index (χ1) is 9.75. The Morgan fingerprint density at radius 3 is 2.80 bits per heavy atom. The molecule has 1 aliphatic heterocycles.